The average molecular weight is 229 g/mol. The molecule has 1 aromatic rings. The van der Waals surface area contributed by atoms with Crippen LogP contribution in [0.2, 0.25) is 0 Å². The van der Waals surface area contributed by atoms with E-state index in [1.807, 2.05) is 32.0 Å². The van der Waals surface area contributed by atoms with Gasteiger partial charge in [0.2, 0.25) is 0 Å². The van der Waals surface area contributed by atoms with Gasteiger partial charge in [0.05, 0.1) is 0 Å². The molecule has 0 aliphatic carbocycles. The van der Waals surface area contributed by atoms with Crippen molar-refractivity contribution in [2.24, 2.45) is 0 Å². The molecule has 0 saturated heterocycles. The van der Waals surface area contributed by atoms with Gasteiger partial charge in [0, 0.05) is 10.0 Å². The molecule has 0 aromatic heterocycles. The smallest absolute Gasteiger partial charge is 0.160 e. The Labute approximate surface area is 81.9 Å². The lowest BCUT2D eigenvalue weighted by molar-refractivity contribution is 0.101. The minimum Gasteiger partial charge on any atom is -0.294 e. The Kier molecular flexibility index (Phi) is 5.64. The molecule has 0 spiro atoms. The van der Waals surface area contributed by atoms with Crippen molar-refractivity contribution < 1.29 is 4.79 Å². The molecule has 0 fully saturated rings. The van der Waals surface area contributed by atoms with Crippen molar-refractivity contribution in [1.29, 1.82) is 0 Å². The topological polar surface area (TPSA) is 17.1 Å². The summed E-state index contributed by atoms with van der Waals surface area (Å²) in [7, 11) is 0. The van der Waals surface area contributed by atoms with Crippen molar-refractivity contribution in [3.63, 3.8) is 0 Å². The molecule has 1 aromatic carbocycles. The molecular weight excluding hydrogens is 216 g/mol. The summed E-state index contributed by atoms with van der Waals surface area (Å²) in [5.41, 5.74) is 0.738. The first-order valence-electron chi connectivity index (χ1n) is 3.97. The van der Waals surface area contributed by atoms with Crippen LogP contribution in [0.15, 0.2) is 28.7 Å². The van der Waals surface area contributed by atoms with E-state index in [0.29, 0.717) is 0 Å². The van der Waals surface area contributed by atoms with Crippen molar-refractivity contribution in [2.75, 3.05) is 0 Å². The summed E-state index contributed by atoms with van der Waals surface area (Å²) in [4.78, 5) is 10.8. The van der Waals surface area contributed by atoms with Crippen molar-refractivity contribution in [3.05, 3.63) is 34.3 Å². The summed E-state index contributed by atoms with van der Waals surface area (Å²) in [6, 6.07) is 7.39. The number of hydrogen-bond acceptors (Lipinski definition) is 1. The number of Topliss-reactive ketones (excluding diaryl/α,β-unsaturated/α-hetero) is 1. The number of carbonyl (C=O) groups is 1. The molecule has 1 rings (SSSR count). The van der Waals surface area contributed by atoms with E-state index in [0.717, 1.165) is 10.0 Å². The maximum absolute atomic E-state index is 10.8. The third-order valence-electron chi connectivity index (χ3n) is 1.25. The van der Waals surface area contributed by atoms with Gasteiger partial charge in [-0.05, 0) is 13.0 Å². The van der Waals surface area contributed by atoms with Crippen LogP contribution in [0.1, 0.15) is 31.1 Å². The fraction of sp³-hybridized carbons (Fsp3) is 0.300. The monoisotopic (exact) mass is 228 g/mol. The molecule has 0 aliphatic heterocycles. The lowest BCUT2D eigenvalue weighted by atomic mass is 10.2. The van der Waals surface area contributed by atoms with Crippen LogP contribution < -0.4 is 0 Å². The van der Waals surface area contributed by atoms with Crippen molar-refractivity contribution in [3.8, 4) is 0 Å². The Morgan fingerprint density at radius 3 is 2.08 bits per heavy atom. The van der Waals surface area contributed by atoms with Gasteiger partial charge in [-0.25, -0.2) is 0 Å². The Morgan fingerprint density at radius 2 is 1.75 bits per heavy atom. The summed E-state index contributed by atoms with van der Waals surface area (Å²) in [5.74, 6) is 0.0903. The van der Waals surface area contributed by atoms with Gasteiger partial charge in [-0.2, -0.15) is 0 Å². The van der Waals surface area contributed by atoms with Crippen LogP contribution in [0, 0.1) is 0 Å². The summed E-state index contributed by atoms with van der Waals surface area (Å²) >= 11 is 3.28. The maximum atomic E-state index is 10.8. The highest BCUT2D eigenvalue weighted by molar-refractivity contribution is 9.10. The molecule has 12 heavy (non-hydrogen) atoms. The second-order valence-corrected chi connectivity index (χ2v) is 2.89. The third kappa shape index (κ3) is 3.18. The van der Waals surface area contributed by atoms with Gasteiger partial charge in [0.25, 0.3) is 0 Å². The molecule has 0 saturated carbocycles. The van der Waals surface area contributed by atoms with Crippen LogP contribution in [0.25, 0.3) is 0 Å². The number of halogens is 1. The van der Waals surface area contributed by atoms with Gasteiger partial charge in [0.15, 0.2) is 5.78 Å². The number of hydrogen-bond donors (Lipinski definition) is 0. The number of rotatable bonds is 1. The highest BCUT2D eigenvalue weighted by Crippen LogP contribution is 2.15. The predicted octanol–water partition coefficient (Wildman–Crippen LogP) is 3.68. The fourth-order valence-corrected chi connectivity index (χ4v) is 1.31. The number of ketones is 1. The van der Waals surface area contributed by atoms with Gasteiger partial charge in [-0.1, -0.05) is 48.0 Å². The van der Waals surface area contributed by atoms with E-state index in [1.165, 1.54) is 0 Å². The average Bonchev–Trinajstić information content (AvgIpc) is 2.08. The van der Waals surface area contributed by atoms with Crippen molar-refractivity contribution in [2.45, 2.75) is 20.8 Å². The quantitative estimate of drug-likeness (QED) is 0.671. The van der Waals surface area contributed by atoms with Crippen LogP contribution in [0.5, 0.6) is 0 Å². The van der Waals surface area contributed by atoms with E-state index in [4.69, 9.17) is 0 Å². The molecule has 0 atom stereocenters. The first-order valence-corrected chi connectivity index (χ1v) is 4.76. The Bertz CT molecular complexity index is 256. The SMILES string of the molecule is CC.CC(=O)c1ccccc1Br. The van der Waals surface area contributed by atoms with Gasteiger partial charge < -0.3 is 0 Å². The van der Waals surface area contributed by atoms with Crippen LogP contribution in [-0.2, 0) is 0 Å². The molecule has 0 aliphatic rings. The van der Waals surface area contributed by atoms with E-state index >= 15 is 0 Å². The molecule has 0 radical (unpaired) electrons. The summed E-state index contributed by atoms with van der Waals surface area (Å²) in [6.07, 6.45) is 0. The predicted molar refractivity (Wildman–Crippen MR) is 55.5 cm³/mol. The Hall–Kier alpha value is -0.630. The molecule has 1 nitrogen and oxygen atoms in total. The van der Waals surface area contributed by atoms with E-state index in [-0.39, 0.29) is 5.78 Å². The minimum absolute atomic E-state index is 0.0903. The summed E-state index contributed by atoms with van der Waals surface area (Å²) in [5, 5.41) is 0. The van der Waals surface area contributed by atoms with Gasteiger partial charge in [-0.3, -0.25) is 4.79 Å². The zero-order chi connectivity index (χ0) is 9.56. The third-order valence-corrected chi connectivity index (χ3v) is 1.94. The summed E-state index contributed by atoms with van der Waals surface area (Å²) < 4.78 is 0.863. The van der Waals surface area contributed by atoms with E-state index < -0.39 is 0 Å². The number of benzene rings is 1. The van der Waals surface area contributed by atoms with Crippen molar-refractivity contribution in [1.82, 2.24) is 0 Å². The standard InChI is InChI=1S/C8H7BrO.C2H6/c1-6(10)7-4-2-3-5-8(7)9;1-2/h2-5H,1H3;1-2H3. The van der Waals surface area contributed by atoms with E-state index in [1.54, 1.807) is 13.0 Å². The molecule has 0 amide bonds. The molecule has 0 unspecified atom stereocenters. The zero-order valence-corrected chi connectivity index (χ0v) is 9.18. The number of carbonyl (C=O) groups excluding carboxylic acids is 1. The first kappa shape index (κ1) is 11.4. The molecule has 0 N–H and O–H groups in total. The first-order chi connectivity index (χ1) is 5.72. The van der Waals surface area contributed by atoms with Crippen LogP contribution in [0.4, 0.5) is 0 Å². The molecule has 66 valence electrons. The summed E-state index contributed by atoms with van der Waals surface area (Å²) in [6.45, 7) is 5.56. The van der Waals surface area contributed by atoms with Gasteiger partial charge in [0.1, 0.15) is 0 Å². The molecular formula is C10H13BrO. The Balaban J connectivity index is 0.000000561. The highest BCUT2D eigenvalue weighted by atomic mass is 79.9. The normalized spacial score (nSPS) is 8.33. The lowest BCUT2D eigenvalue weighted by Crippen LogP contribution is -1.91. The van der Waals surface area contributed by atoms with Crippen LogP contribution >= 0.6 is 15.9 Å². The van der Waals surface area contributed by atoms with Crippen molar-refractivity contribution >= 4 is 21.7 Å². The highest BCUT2D eigenvalue weighted by Gasteiger charge is 2.01. The molecule has 0 heterocycles. The lowest BCUT2D eigenvalue weighted by Gasteiger charge is -1.96. The van der Waals surface area contributed by atoms with E-state index in [2.05, 4.69) is 15.9 Å². The minimum atomic E-state index is 0.0903. The molecule has 2 heteroatoms. The second kappa shape index (κ2) is 5.95. The van der Waals surface area contributed by atoms with Crippen LogP contribution in [0.3, 0.4) is 0 Å². The maximum Gasteiger partial charge on any atom is 0.160 e. The zero-order valence-electron chi connectivity index (χ0n) is 7.60. The second-order valence-electron chi connectivity index (χ2n) is 2.04. The Morgan fingerprint density at radius 1 is 1.25 bits per heavy atom. The van der Waals surface area contributed by atoms with Gasteiger partial charge >= 0.3 is 0 Å². The van der Waals surface area contributed by atoms with Gasteiger partial charge in [-0.15, -0.1) is 0 Å². The molecule has 0 bridgehead atoms. The largest absolute Gasteiger partial charge is 0.294 e. The van der Waals surface area contributed by atoms with E-state index in [9.17, 15) is 4.79 Å². The fourth-order valence-electron chi connectivity index (χ4n) is 0.747. The van der Waals surface area contributed by atoms with Crippen LogP contribution in [-0.4, -0.2) is 5.78 Å².